The highest BCUT2D eigenvalue weighted by molar-refractivity contribution is 6.59. The standard InChI is InChI=1S/C28H47BN4O7.C23H39BN4O5.4CH4/c1-8-20(25(35)32-18(2)3)16-21(26(36)33-23-12-9-11-22(17-23)29(38)39)15-19(4)24(34)30-13-10-14-31-27(37)40-28(5,6)7;1-5-17(22(30)27-15(2)3)13-18(12-16(4)21(29)26-11-7-10-25)23(31)28-20-9-6-8-19(14-20)24(32)33;;;;/h9,11-12,17-21,38-39H,8,10,13-16H2,1-7H3,(H,30,34)(H,31,37)(H,32,35)(H,33,36);6,8-9,14-18,32-33H,5,7,10-13,25H2,1-4H3,(H,26,29)(H,27,30)(H,28,31);4*1H4. The third kappa shape index (κ3) is 32.7. The van der Waals surface area contributed by atoms with Crippen molar-refractivity contribution in [2.24, 2.45) is 41.2 Å². The normalized spacial score (nSPS) is 12.9. The molecular formula is C55H102B2N8O12. The van der Waals surface area contributed by atoms with Crippen molar-refractivity contribution in [1.82, 2.24) is 26.6 Å². The Labute approximate surface area is 463 Å². The summed E-state index contributed by atoms with van der Waals surface area (Å²) >= 11 is 0. The van der Waals surface area contributed by atoms with Crippen molar-refractivity contribution in [2.75, 3.05) is 36.8 Å². The second-order valence-corrected chi connectivity index (χ2v) is 20.2. The minimum absolute atomic E-state index is 0. The second-order valence-electron chi connectivity index (χ2n) is 20.2. The second kappa shape index (κ2) is 40.6. The predicted molar refractivity (Wildman–Crippen MR) is 313 cm³/mol. The van der Waals surface area contributed by atoms with Crippen LogP contribution < -0.4 is 53.9 Å². The van der Waals surface area contributed by atoms with Crippen molar-refractivity contribution in [1.29, 1.82) is 0 Å². The first-order chi connectivity index (χ1) is 34.2. The van der Waals surface area contributed by atoms with Crippen LogP contribution in [-0.4, -0.2) is 120 Å². The number of nitrogens with two attached hydrogens (primary N) is 1. The topological polar surface area (TPSA) is 320 Å². The van der Waals surface area contributed by atoms with Gasteiger partial charge in [-0.3, -0.25) is 28.8 Å². The fourth-order valence-electron chi connectivity index (χ4n) is 7.61. The van der Waals surface area contributed by atoms with Crippen molar-refractivity contribution in [3.05, 3.63) is 48.5 Å². The summed E-state index contributed by atoms with van der Waals surface area (Å²) in [5, 5.41) is 57.4. The fourth-order valence-corrected chi connectivity index (χ4v) is 7.61. The number of alkyl carbamates (subject to hydrolysis) is 1. The molecule has 0 bridgehead atoms. The summed E-state index contributed by atoms with van der Waals surface area (Å²) in [6.07, 6.45) is 2.77. The first-order valence-electron chi connectivity index (χ1n) is 25.6. The van der Waals surface area contributed by atoms with E-state index in [-0.39, 0.29) is 113 Å². The highest BCUT2D eigenvalue weighted by Crippen LogP contribution is 2.27. The van der Waals surface area contributed by atoms with E-state index >= 15 is 0 Å². The zero-order valence-electron chi connectivity index (χ0n) is 45.0. The van der Waals surface area contributed by atoms with Gasteiger partial charge in [0.15, 0.2) is 0 Å². The molecular weight excluding hydrogens is 986 g/mol. The van der Waals surface area contributed by atoms with Gasteiger partial charge in [0, 0.05) is 78.6 Å². The van der Waals surface area contributed by atoms with E-state index in [9.17, 15) is 53.7 Å². The molecule has 440 valence electrons. The molecule has 0 spiro atoms. The molecule has 0 fully saturated rings. The Bertz CT molecular complexity index is 2040. The quantitative estimate of drug-likeness (QED) is 0.0385. The maximum absolute atomic E-state index is 13.4. The number of amides is 7. The van der Waals surface area contributed by atoms with E-state index < -0.39 is 55.5 Å². The van der Waals surface area contributed by atoms with Gasteiger partial charge in [-0.2, -0.15) is 0 Å². The third-order valence-corrected chi connectivity index (χ3v) is 11.5. The van der Waals surface area contributed by atoms with Crippen molar-refractivity contribution in [3.63, 3.8) is 0 Å². The average Bonchev–Trinajstić information content (AvgIpc) is 3.30. The number of ether oxygens (including phenoxy) is 1. The van der Waals surface area contributed by atoms with Gasteiger partial charge >= 0.3 is 20.3 Å². The lowest BCUT2D eigenvalue weighted by Crippen LogP contribution is -2.39. The van der Waals surface area contributed by atoms with E-state index in [2.05, 4.69) is 37.2 Å². The number of carbonyl (C=O) groups is 7. The molecule has 22 heteroatoms. The van der Waals surface area contributed by atoms with Crippen LogP contribution in [0.15, 0.2) is 48.5 Å². The van der Waals surface area contributed by atoms with Crippen LogP contribution in [0, 0.1) is 35.5 Å². The number of rotatable bonds is 29. The lowest BCUT2D eigenvalue weighted by Gasteiger charge is -2.25. The molecule has 20 nitrogen and oxygen atoms in total. The van der Waals surface area contributed by atoms with Gasteiger partial charge in [-0.25, -0.2) is 4.79 Å². The molecule has 0 aromatic heterocycles. The maximum Gasteiger partial charge on any atom is 0.488 e. The molecule has 0 aliphatic carbocycles. The molecule has 0 heterocycles. The van der Waals surface area contributed by atoms with E-state index in [1.807, 2.05) is 41.5 Å². The first-order valence-corrected chi connectivity index (χ1v) is 25.6. The van der Waals surface area contributed by atoms with Crippen LogP contribution in [0.2, 0.25) is 0 Å². The van der Waals surface area contributed by atoms with Crippen LogP contribution in [0.4, 0.5) is 16.2 Å². The van der Waals surface area contributed by atoms with Crippen molar-refractivity contribution in [3.8, 4) is 0 Å². The largest absolute Gasteiger partial charge is 0.488 e. The maximum atomic E-state index is 13.4. The summed E-state index contributed by atoms with van der Waals surface area (Å²) in [5.74, 6) is -4.33. The Hall–Kier alpha value is -5.54. The SMILES string of the molecule is C.C.C.C.CCC(CC(CC(C)C(=O)NCCCN)C(=O)Nc1cccc(B(O)O)c1)C(=O)NC(C)C.CCC(CC(CC(C)C(=O)NCCCNC(=O)OC(C)(C)C)C(=O)Nc1cccc(B(O)O)c1)C(=O)NC(C)C. The minimum atomic E-state index is -1.68. The molecule has 13 N–H and O–H groups in total. The first kappa shape index (κ1) is 78.0. The molecule has 0 aliphatic rings. The van der Waals surface area contributed by atoms with E-state index in [1.165, 1.54) is 24.3 Å². The fraction of sp³-hybridized carbons (Fsp3) is 0.655. The summed E-state index contributed by atoms with van der Waals surface area (Å²) in [4.78, 5) is 88.9. The Balaban J connectivity index is -0.000000668. The van der Waals surface area contributed by atoms with Crippen LogP contribution in [-0.2, 0) is 33.5 Å². The van der Waals surface area contributed by atoms with Crippen molar-refractivity contribution in [2.45, 2.75) is 175 Å². The predicted octanol–water partition coefficient (Wildman–Crippen LogP) is 4.82. The molecule has 2 rings (SSSR count). The summed E-state index contributed by atoms with van der Waals surface area (Å²) in [6.45, 7) is 21.7. The molecule has 6 atom stereocenters. The molecule has 7 amide bonds. The van der Waals surface area contributed by atoms with E-state index in [0.717, 1.165) is 0 Å². The highest BCUT2D eigenvalue weighted by atomic mass is 16.6. The Morgan fingerprint density at radius 3 is 1.22 bits per heavy atom. The minimum Gasteiger partial charge on any atom is -0.444 e. The molecule has 0 aliphatic heterocycles. The number of anilines is 2. The number of carbonyl (C=O) groups excluding carboxylic acids is 7. The Morgan fingerprint density at radius 2 is 0.896 bits per heavy atom. The summed E-state index contributed by atoms with van der Waals surface area (Å²) < 4.78 is 5.18. The van der Waals surface area contributed by atoms with Crippen LogP contribution in [0.1, 0.15) is 157 Å². The van der Waals surface area contributed by atoms with Crippen molar-refractivity contribution < 1.29 is 58.4 Å². The number of hydrogen-bond acceptors (Lipinski definition) is 13. The summed E-state index contributed by atoms with van der Waals surface area (Å²) in [5.41, 5.74) is 6.16. The zero-order valence-corrected chi connectivity index (χ0v) is 45.0. The number of hydrogen-bond donors (Lipinski definition) is 12. The van der Waals surface area contributed by atoms with Gasteiger partial charge in [-0.05, 0) is 142 Å². The lowest BCUT2D eigenvalue weighted by molar-refractivity contribution is -0.130. The number of nitrogens with one attached hydrogen (secondary N) is 7. The van der Waals surface area contributed by atoms with Crippen LogP contribution in [0.5, 0.6) is 0 Å². The summed E-state index contributed by atoms with van der Waals surface area (Å²) in [6, 6.07) is 12.4. The van der Waals surface area contributed by atoms with Gasteiger partial charge in [0.1, 0.15) is 5.60 Å². The van der Waals surface area contributed by atoms with Gasteiger partial charge in [0.2, 0.25) is 35.4 Å². The van der Waals surface area contributed by atoms with E-state index in [0.29, 0.717) is 69.7 Å². The van der Waals surface area contributed by atoms with Gasteiger partial charge in [0.25, 0.3) is 0 Å². The van der Waals surface area contributed by atoms with Gasteiger partial charge < -0.3 is 67.8 Å². The zero-order chi connectivity index (χ0) is 55.4. The molecule has 0 saturated heterocycles. The number of benzene rings is 2. The summed E-state index contributed by atoms with van der Waals surface area (Å²) in [7, 11) is -3.33. The van der Waals surface area contributed by atoms with Gasteiger partial charge in [-0.1, -0.05) is 81.7 Å². The van der Waals surface area contributed by atoms with Crippen molar-refractivity contribution >= 4 is 78.1 Å². The van der Waals surface area contributed by atoms with Crippen LogP contribution >= 0.6 is 0 Å². The van der Waals surface area contributed by atoms with E-state index in [1.54, 1.807) is 58.9 Å². The lowest BCUT2D eigenvalue weighted by atomic mass is 9.80. The highest BCUT2D eigenvalue weighted by Gasteiger charge is 2.32. The molecule has 0 radical (unpaired) electrons. The molecule has 2 aromatic carbocycles. The van der Waals surface area contributed by atoms with Gasteiger partial charge in [-0.15, -0.1) is 0 Å². The average molecular weight is 1090 g/mol. The molecule has 0 saturated carbocycles. The third-order valence-electron chi connectivity index (χ3n) is 11.5. The molecule has 6 unspecified atom stereocenters. The Morgan fingerprint density at radius 1 is 0.532 bits per heavy atom. The monoisotopic (exact) mass is 1090 g/mol. The van der Waals surface area contributed by atoms with Crippen LogP contribution in [0.25, 0.3) is 0 Å². The van der Waals surface area contributed by atoms with Gasteiger partial charge in [0.05, 0.1) is 0 Å². The Kier molecular flexibility index (Phi) is 41.1. The molecule has 77 heavy (non-hydrogen) atoms. The van der Waals surface area contributed by atoms with E-state index in [4.69, 9.17) is 10.5 Å². The molecule has 2 aromatic rings. The van der Waals surface area contributed by atoms with Crippen LogP contribution in [0.3, 0.4) is 0 Å². The smallest absolute Gasteiger partial charge is 0.444 e.